The van der Waals surface area contributed by atoms with Crippen molar-refractivity contribution in [3.05, 3.63) is 54.6 Å². The van der Waals surface area contributed by atoms with E-state index in [1.807, 2.05) is 11.4 Å². The summed E-state index contributed by atoms with van der Waals surface area (Å²) < 4.78 is 39.3. The lowest BCUT2D eigenvalue weighted by molar-refractivity contribution is -0.138. The van der Waals surface area contributed by atoms with Gasteiger partial charge >= 0.3 is 6.18 Å². The number of halogens is 6. The molecule has 1 aromatic heterocycles. The maximum absolute atomic E-state index is 12.8. The van der Waals surface area contributed by atoms with Crippen molar-refractivity contribution in [3.63, 3.8) is 0 Å². The molecule has 0 saturated heterocycles. The Labute approximate surface area is 133 Å². The summed E-state index contributed by atoms with van der Waals surface area (Å²) in [5, 5.41) is 1.22. The highest BCUT2D eigenvalue weighted by Crippen LogP contribution is 2.41. The van der Waals surface area contributed by atoms with E-state index in [1.54, 1.807) is 6.07 Å². The van der Waals surface area contributed by atoms with Crippen LogP contribution in [0.2, 0.25) is 0 Å². The minimum atomic E-state index is -4.40. The zero-order chi connectivity index (χ0) is 14.2. The Kier molecular flexibility index (Phi) is 4.65. The molecule has 0 nitrogen and oxygen atoms in total. The van der Waals surface area contributed by atoms with E-state index in [-0.39, 0.29) is 4.47 Å². The average molecular weight is 435 g/mol. The van der Waals surface area contributed by atoms with Crippen molar-refractivity contribution in [1.82, 2.24) is 0 Å². The molecule has 19 heavy (non-hydrogen) atoms. The third-order valence-corrected chi connectivity index (χ3v) is 5.69. The van der Waals surface area contributed by atoms with Crippen LogP contribution in [0.5, 0.6) is 0 Å². The molecule has 0 radical (unpaired) electrons. The summed E-state index contributed by atoms with van der Waals surface area (Å²) in [6.45, 7) is 0. The number of alkyl halides is 4. The van der Waals surface area contributed by atoms with Gasteiger partial charge in [-0.1, -0.05) is 22.0 Å². The highest BCUT2D eigenvalue weighted by atomic mass is 79.9. The molecule has 0 saturated carbocycles. The van der Waals surface area contributed by atoms with Crippen LogP contribution < -0.4 is 0 Å². The molecule has 0 bridgehead atoms. The van der Waals surface area contributed by atoms with Crippen LogP contribution in [0, 0.1) is 0 Å². The summed E-state index contributed by atoms with van der Waals surface area (Å²) in [6, 6.07) is 5.85. The first-order valence-corrected chi connectivity index (χ1v) is 7.94. The Morgan fingerprint density at radius 1 is 1.11 bits per heavy atom. The van der Waals surface area contributed by atoms with Crippen molar-refractivity contribution in [3.8, 4) is 0 Å². The second-order valence-corrected chi connectivity index (χ2v) is 6.83. The van der Waals surface area contributed by atoms with Crippen LogP contribution in [0.25, 0.3) is 0 Å². The van der Waals surface area contributed by atoms with Crippen LogP contribution >= 0.6 is 54.8 Å². The SMILES string of the molecule is FC(F)(F)c1cc(C(Cl)c2sccc2Br)ccc1Br. The quantitative estimate of drug-likeness (QED) is 0.466. The van der Waals surface area contributed by atoms with Crippen LogP contribution in [0.3, 0.4) is 0 Å². The third kappa shape index (κ3) is 3.35. The maximum Gasteiger partial charge on any atom is 0.417 e. The molecule has 0 aliphatic carbocycles. The molecule has 0 aliphatic heterocycles. The fourth-order valence-electron chi connectivity index (χ4n) is 1.56. The molecule has 0 spiro atoms. The number of benzene rings is 1. The largest absolute Gasteiger partial charge is 0.417 e. The summed E-state index contributed by atoms with van der Waals surface area (Å²) in [5.74, 6) is 0. The minimum Gasteiger partial charge on any atom is -0.166 e. The topological polar surface area (TPSA) is 0 Å². The number of hydrogen-bond donors (Lipinski definition) is 0. The van der Waals surface area contributed by atoms with Gasteiger partial charge in [0.05, 0.1) is 10.9 Å². The zero-order valence-electron chi connectivity index (χ0n) is 9.14. The van der Waals surface area contributed by atoms with Crippen molar-refractivity contribution in [2.75, 3.05) is 0 Å². The van der Waals surface area contributed by atoms with Gasteiger partial charge in [-0.3, -0.25) is 0 Å². The number of hydrogen-bond acceptors (Lipinski definition) is 1. The molecule has 0 aliphatic rings. The molecule has 102 valence electrons. The second-order valence-electron chi connectivity index (χ2n) is 3.73. The molecule has 1 unspecified atom stereocenters. The van der Waals surface area contributed by atoms with E-state index >= 15 is 0 Å². The van der Waals surface area contributed by atoms with Gasteiger partial charge in [-0.25, -0.2) is 0 Å². The molecule has 1 atom stereocenters. The minimum absolute atomic E-state index is 0.0119. The van der Waals surface area contributed by atoms with E-state index in [0.717, 1.165) is 15.4 Å². The van der Waals surface area contributed by atoms with Crippen molar-refractivity contribution < 1.29 is 13.2 Å². The smallest absolute Gasteiger partial charge is 0.166 e. The van der Waals surface area contributed by atoms with Gasteiger partial charge < -0.3 is 0 Å². The first kappa shape index (κ1) is 15.4. The van der Waals surface area contributed by atoms with E-state index in [4.69, 9.17) is 11.6 Å². The van der Waals surface area contributed by atoms with E-state index in [2.05, 4.69) is 31.9 Å². The molecule has 1 heterocycles. The summed E-state index contributed by atoms with van der Waals surface area (Å²) in [4.78, 5) is 0.789. The molecular weight excluding hydrogens is 428 g/mol. The average Bonchev–Trinajstić information content (AvgIpc) is 2.73. The van der Waals surface area contributed by atoms with Crippen LogP contribution in [-0.4, -0.2) is 0 Å². The lowest BCUT2D eigenvalue weighted by Gasteiger charge is -2.14. The van der Waals surface area contributed by atoms with E-state index in [0.29, 0.717) is 5.56 Å². The molecule has 7 heteroatoms. The van der Waals surface area contributed by atoms with Crippen LogP contribution in [0.15, 0.2) is 38.6 Å². The van der Waals surface area contributed by atoms with Gasteiger partial charge in [0.1, 0.15) is 0 Å². The van der Waals surface area contributed by atoms with E-state index in [1.165, 1.54) is 17.4 Å². The normalized spacial score (nSPS) is 13.6. The molecule has 1 aromatic carbocycles. The van der Waals surface area contributed by atoms with Crippen molar-refractivity contribution >= 4 is 54.8 Å². The summed E-state index contributed by atoms with van der Waals surface area (Å²) in [5.41, 5.74) is -0.302. The highest BCUT2D eigenvalue weighted by molar-refractivity contribution is 9.10. The number of thiophene rings is 1. The van der Waals surface area contributed by atoms with Crippen molar-refractivity contribution in [2.24, 2.45) is 0 Å². The Balaban J connectivity index is 2.44. The first-order chi connectivity index (χ1) is 8.80. The highest BCUT2D eigenvalue weighted by Gasteiger charge is 2.33. The predicted molar refractivity (Wildman–Crippen MR) is 78.9 cm³/mol. The van der Waals surface area contributed by atoms with Crippen LogP contribution in [0.4, 0.5) is 13.2 Å². The van der Waals surface area contributed by atoms with E-state index < -0.39 is 17.1 Å². The molecule has 2 rings (SSSR count). The molecule has 0 N–H and O–H groups in total. The van der Waals surface area contributed by atoms with Crippen LogP contribution in [0.1, 0.15) is 21.4 Å². The van der Waals surface area contributed by atoms with Gasteiger partial charge in [-0.05, 0) is 45.1 Å². The Hall–Kier alpha value is -0.0400. The maximum atomic E-state index is 12.8. The van der Waals surface area contributed by atoms with Gasteiger partial charge in [0, 0.05) is 13.8 Å². The summed E-state index contributed by atoms with van der Waals surface area (Å²) >= 11 is 13.9. The van der Waals surface area contributed by atoms with Gasteiger partial charge in [-0.2, -0.15) is 13.2 Å². The van der Waals surface area contributed by atoms with Gasteiger partial charge in [-0.15, -0.1) is 22.9 Å². The predicted octanol–water partition coefficient (Wildman–Crippen LogP) is 6.62. The van der Waals surface area contributed by atoms with Crippen LogP contribution in [-0.2, 0) is 6.18 Å². The Morgan fingerprint density at radius 3 is 2.32 bits per heavy atom. The second kappa shape index (κ2) is 5.76. The fraction of sp³-hybridized carbons (Fsp3) is 0.167. The van der Waals surface area contributed by atoms with Gasteiger partial charge in [0.2, 0.25) is 0 Å². The summed E-state index contributed by atoms with van der Waals surface area (Å²) in [7, 11) is 0. The molecule has 0 amide bonds. The van der Waals surface area contributed by atoms with Crippen molar-refractivity contribution in [1.29, 1.82) is 0 Å². The Bertz CT molecular complexity index is 595. The molecule has 2 aromatic rings. The lowest BCUT2D eigenvalue weighted by Crippen LogP contribution is -2.07. The third-order valence-electron chi connectivity index (χ3n) is 2.46. The molecular formula is C12H6Br2ClF3S. The zero-order valence-corrected chi connectivity index (χ0v) is 13.9. The first-order valence-electron chi connectivity index (χ1n) is 5.04. The fourth-order valence-corrected chi connectivity index (χ4v) is 4.17. The van der Waals surface area contributed by atoms with Gasteiger partial charge in [0.25, 0.3) is 0 Å². The summed E-state index contributed by atoms with van der Waals surface area (Å²) in [6.07, 6.45) is -4.40. The van der Waals surface area contributed by atoms with E-state index in [9.17, 15) is 13.2 Å². The lowest BCUT2D eigenvalue weighted by atomic mass is 10.1. The number of rotatable bonds is 2. The molecule has 0 fully saturated rings. The Morgan fingerprint density at radius 2 is 1.79 bits per heavy atom. The van der Waals surface area contributed by atoms with Crippen molar-refractivity contribution in [2.45, 2.75) is 11.6 Å². The monoisotopic (exact) mass is 432 g/mol. The standard InChI is InChI=1S/C12H6Br2ClF3S/c13-8-2-1-6(5-7(8)12(16,17)18)10(15)11-9(14)3-4-19-11/h1-5,10H. The van der Waals surface area contributed by atoms with Gasteiger partial charge in [0.15, 0.2) is 0 Å².